The molecule has 0 aliphatic carbocycles. The van der Waals surface area contributed by atoms with Crippen LogP contribution in [0.3, 0.4) is 0 Å². The Morgan fingerprint density at radius 1 is 1.12 bits per heavy atom. The van der Waals surface area contributed by atoms with Crippen molar-refractivity contribution in [2.75, 3.05) is 11.6 Å². The molecule has 1 aromatic carbocycles. The molecule has 7 heteroatoms. The molecule has 2 aromatic heterocycles. The lowest BCUT2D eigenvalue weighted by molar-refractivity contribution is 0.0946. The van der Waals surface area contributed by atoms with Crippen LogP contribution in [-0.4, -0.2) is 23.1 Å². The zero-order valence-corrected chi connectivity index (χ0v) is 14.9. The number of furan rings is 1. The molecular weight excluding hydrogens is 350 g/mol. The number of pyridine rings is 1. The number of rotatable bonds is 6. The van der Waals surface area contributed by atoms with Crippen LogP contribution < -0.4 is 10.6 Å². The number of thioether (sulfide) groups is 1. The maximum atomic E-state index is 12.4. The molecule has 0 atom stereocenters. The van der Waals surface area contributed by atoms with Crippen LogP contribution in [-0.2, 0) is 6.54 Å². The van der Waals surface area contributed by atoms with Gasteiger partial charge in [-0.15, -0.1) is 11.8 Å². The van der Waals surface area contributed by atoms with Gasteiger partial charge in [0.15, 0.2) is 5.76 Å². The Morgan fingerprint density at radius 2 is 2.00 bits per heavy atom. The molecule has 0 fully saturated rings. The smallest absolute Gasteiger partial charge is 0.291 e. The van der Waals surface area contributed by atoms with E-state index in [2.05, 4.69) is 15.6 Å². The Morgan fingerprint density at radius 3 is 2.77 bits per heavy atom. The second-order valence-corrected chi connectivity index (χ2v) is 6.17. The summed E-state index contributed by atoms with van der Waals surface area (Å²) in [7, 11) is 0. The molecule has 3 rings (SSSR count). The molecule has 26 heavy (non-hydrogen) atoms. The summed E-state index contributed by atoms with van der Waals surface area (Å²) in [6, 6.07) is 14.0. The number of anilines is 1. The number of carbonyl (C=O) groups is 2. The molecule has 0 radical (unpaired) electrons. The molecule has 2 amide bonds. The van der Waals surface area contributed by atoms with Gasteiger partial charge in [-0.3, -0.25) is 9.59 Å². The lowest BCUT2D eigenvalue weighted by atomic mass is 10.2. The summed E-state index contributed by atoms with van der Waals surface area (Å²) >= 11 is 1.43. The van der Waals surface area contributed by atoms with Crippen molar-refractivity contribution < 1.29 is 14.0 Å². The molecule has 0 aliphatic heterocycles. The van der Waals surface area contributed by atoms with Crippen molar-refractivity contribution in [3.63, 3.8) is 0 Å². The number of carbonyl (C=O) groups excluding carboxylic acids is 2. The van der Waals surface area contributed by atoms with Crippen LogP contribution in [0.5, 0.6) is 0 Å². The second-order valence-electron chi connectivity index (χ2n) is 5.37. The number of nitrogens with zero attached hydrogens (tertiary/aromatic N) is 1. The molecule has 0 bridgehead atoms. The van der Waals surface area contributed by atoms with Gasteiger partial charge in [0.1, 0.15) is 5.03 Å². The molecule has 0 saturated heterocycles. The minimum absolute atomic E-state index is 0.188. The lowest BCUT2D eigenvalue weighted by Crippen LogP contribution is -2.23. The largest absolute Gasteiger partial charge is 0.459 e. The van der Waals surface area contributed by atoms with Crippen molar-refractivity contribution in [3.8, 4) is 0 Å². The third-order valence-corrected chi connectivity index (χ3v) is 4.30. The van der Waals surface area contributed by atoms with Gasteiger partial charge in [-0.25, -0.2) is 4.98 Å². The molecule has 0 saturated carbocycles. The van der Waals surface area contributed by atoms with Crippen LogP contribution in [0, 0.1) is 0 Å². The molecule has 2 heterocycles. The highest BCUT2D eigenvalue weighted by Gasteiger charge is 2.12. The van der Waals surface area contributed by atoms with Crippen LogP contribution in [0.2, 0.25) is 0 Å². The Hall–Kier alpha value is -3.06. The summed E-state index contributed by atoms with van der Waals surface area (Å²) in [4.78, 5) is 28.6. The highest BCUT2D eigenvalue weighted by molar-refractivity contribution is 7.98. The summed E-state index contributed by atoms with van der Waals surface area (Å²) < 4.78 is 5.07. The highest BCUT2D eigenvalue weighted by Crippen LogP contribution is 2.17. The van der Waals surface area contributed by atoms with Gasteiger partial charge in [-0.2, -0.15) is 0 Å². The number of nitrogens with one attached hydrogen (secondary N) is 2. The van der Waals surface area contributed by atoms with Crippen LogP contribution in [0.4, 0.5) is 5.69 Å². The van der Waals surface area contributed by atoms with Crippen molar-refractivity contribution in [1.29, 1.82) is 0 Å². The number of aromatic nitrogens is 1. The van der Waals surface area contributed by atoms with E-state index in [0.29, 0.717) is 22.8 Å². The zero-order chi connectivity index (χ0) is 18.4. The summed E-state index contributed by atoms with van der Waals surface area (Å²) in [5.74, 6) is -0.270. The Labute approximate surface area is 155 Å². The standard InChI is InChI=1S/C19H17N3O3S/c1-26-19-15(7-3-9-20-19)17(23)21-12-13-5-2-6-14(11-13)22-18(24)16-8-4-10-25-16/h2-11H,12H2,1H3,(H,21,23)(H,22,24). The molecule has 6 nitrogen and oxygen atoms in total. The third kappa shape index (κ3) is 4.31. The van der Waals surface area contributed by atoms with Gasteiger partial charge < -0.3 is 15.1 Å². The van der Waals surface area contributed by atoms with E-state index in [9.17, 15) is 9.59 Å². The SMILES string of the molecule is CSc1ncccc1C(=O)NCc1cccc(NC(=O)c2ccco2)c1. The van der Waals surface area contributed by atoms with Gasteiger partial charge in [0.2, 0.25) is 0 Å². The van der Waals surface area contributed by atoms with Crippen molar-refractivity contribution in [2.45, 2.75) is 11.6 Å². The number of amides is 2. The monoisotopic (exact) mass is 367 g/mol. The lowest BCUT2D eigenvalue weighted by Gasteiger charge is -2.09. The summed E-state index contributed by atoms with van der Waals surface area (Å²) in [5, 5.41) is 6.32. The zero-order valence-electron chi connectivity index (χ0n) is 14.1. The number of hydrogen-bond acceptors (Lipinski definition) is 5. The van der Waals surface area contributed by atoms with E-state index < -0.39 is 0 Å². The van der Waals surface area contributed by atoms with Gasteiger partial charge in [-0.1, -0.05) is 12.1 Å². The fraction of sp³-hybridized carbons (Fsp3) is 0.105. The minimum Gasteiger partial charge on any atom is -0.459 e. The van der Waals surface area contributed by atoms with Gasteiger partial charge in [-0.05, 0) is 48.2 Å². The normalized spacial score (nSPS) is 10.3. The van der Waals surface area contributed by atoms with Crippen molar-refractivity contribution in [2.24, 2.45) is 0 Å². The van der Waals surface area contributed by atoms with Crippen molar-refractivity contribution >= 4 is 29.3 Å². The molecule has 0 spiro atoms. The van der Waals surface area contributed by atoms with E-state index in [1.807, 2.05) is 18.4 Å². The third-order valence-electron chi connectivity index (χ3n) is 3.59. The van der Waals surface area contributed by atoms with Crippen molar-refractivity contribution in [3.05, 3.63) is 77.9 Å². The molecule has 0 aliphatic rings. The predicted octanol–water partition coefficient (Wildman–Crippen LogP) is 3.58. The first kappa shape index (κ1) is 17.8. The maximum absolute atomic E-state index is 12.4. The number of hydrogen-bond donors (Lipinski definition) is 2. The van der Waals surface area contributed by atoms with E-state index in [-0.39, 0.29) is 17.6 Å². The van der Waals surface area contributed by atoms with Crippen molar-refractivity contribution in [1.82, 2.24) is 10.3 Å². The van der Waals surface area contributed by atoms with Crippen LogP contribution in [0.25, 0.3) is 0 Å². The topological polar surface area (TPSA) is 84.2 Å². The van der Waals surface area contributed by atoms with E-state index in [0.717, 1.165) is 5.56 Å². The Balaban J connectivity index is 1.63. The average Bonchev–Trinajstić information content (AvgIpc) is 3.21. The summed E-state index contributed by atoms with van der Waals surface area (Å²) in [6.45, 7) is 0.339. The van der Waals surface area contributed by atoms with E-state index in [1.54, 1.807) is 42.6 Å². The van der Waals surface area contributed by atoms with Gasteiger partial charge in [0.25, 0.3) is 11.8 Å². The Kier molecular flexibility index (Phi) is 5.70. The number of benzene rings is 1. The van der Waals surface area contributed by atoms with Gasteiger partial charge in [0, 0.05) is 18.4 Å². The predicted molar refractivity (Wildman–Crippen MR) is 100 cm³/mol. The fourth-order valence-corrected chi connectivity index (χ4v) is 2.91. The van der Waals surface area contributed by atoms with Gasteiger partial charge in [0.05, 0.1) is 11.8 Å². The maximum Gasteiger partial charge on any atom is 0.291 e. The van der Waals surface area contributed by atoms with Crippen LogP contribution >= 0.6 is 11.8 Å². The first-order valence-electron chi connectivity index (χ1n) is 7.88. The van der Waals surface area contributed by atoms with Crippen LogP contribution in [0.1, 0.15) is 26.5 Å². The molecule has 132 valence electrons. The van der Waals surface area contributed by atoms with E-state index >= 15 is 0 Å². The van der Waals surface area contributed by atoms with E-state index in [4.69, 9.17) is 4.42 Å². The van der Waals surface area contributed by atoms with Crippen LogP contribution in [0.15, 0.2) is 70.4 Å². The highest BCUT2D eigenvalue weighted by atomic mass is 32.2. The molecule has 0 unspecified atom stereocenters. The first-order valence-corrected chi connectivity index (χ1v) is 9.11. The Bertz CT molecular complexity index is 910. The quantitative estimate of drug-likeness (QED) is 0.651. The van der Waals surface area contributed by atoms with E-state index in [1.165, 1.54) is 18.0 Å². The van der Waals surface area contributed by atoms with Gasteiger partial charge >= 0.3 is 0 Å². The molecule has 2 N–H and O–H groups in total. The summed E-state index contributed by atoms with van der Waals surface area (Å²) in [6.07, 6.45) is 4.99. The minimum atomic E-state index is -0.323. The molecule has 3 aromatic rings. The summed E-state index contributed by atoms with van der Waals surface area (Å²) in [5.41, 5.74) is 2.04. The average molecular weight is 367 g/mol. The molecular formula is C19H17N3O3S. The first-order chi connectivity index (χ1) is 12.7. The fourth-order valence-electron chi connectivity index (χ4n) is 2.36. The second kappa shape index (κ2) is 8.35.